The van der Waals surface area contributed by atoms with Crippen LogP contribution in [-0.4, -0.2) is 24.7 Å². The van der Waals surface area contributed by atoms with E-state index < -0.39 is 0 Å². The quantitative estimate of drug-likeness (QED) is 0.867. The highest BCUT2D eigenvalue weighted by molar-refractivity contribution is 5.51. The predicted octanol–water partition coefficient (Wildman–Crippen LogP) is 3.10. The number of anilines is 1. The van der Waals surface area contributed by atoms with Crippen molar-refractivity contribution in [3.05, 3.63) is 29.6 Å². The number of hydrogen-bond donors (Lipinski definition) is 1. The molecule has 1 aromatic rings. The van der Waals surface area contributed by atoms with Crippen LogP contribution >= 0.6 is 0 Å². The van der Waals surface area contributed by atoms with Gasteiger partial charge in [0.15, 0.2) is 0 Å². The van der Waals surface area contributed by atoms with E-state index in [1.54, 1.807) is 6.07 Å². The second kappa shape index (κ2) is 4.88. The zero-order chi connectivity index (χ0) is 13.3. The molecule has 2 atom stereocenters. The first-order chi connectivity index (χ1) is 8.45. The fourth-order valence-electron chi connectivity index (χ4n) is 2.50. The topological polar surface area (TPSA) is 15.3 Å². The van der Waals surface area contributed by atoms with Gasteiger partial charge in [-0.1, -0.05) is 13.0 Å². The van der Waals surface area contributed by atoms with Gasteiger partial charge in [-0.05, 0) is 44.9 Å². The summed E-state index contributed by atoms with van der Waals surface area (Å²) in [7, 11) is 0. The lowest BCUT2D eigenvalue weighted by Gasteiger charge is -2.46. The van der Waals surface area contributed by atoms with Crippen molar-refractivity contribution in [2.45, 2.75) is 45.7 Å². The molecule has 0 bridgehead atoms. The van der Waals surface area contributed by atoms with Crippen molar-refractivity contribution >= 4 is 5.69 Å². The molecule has 1 N–H and O–H groups in total. The normalized spacial score (nSPS) is 28.5. The van der Waals surface area contributed by atoms with Crippen LogP contribution < -0.4 is 10.2 Å². The van der Waals surface area contributed by atoms with Gasteiger partial charge in [0.25, 0.3) is 0 Å². The molecule has 100 valence electrons. The predicted molar refractivity (Wildman–Crippen MR) is 74.6 cm³/mol. The van der Waals surface area contributed by atoms with Crippen molar-refractivity contribution in [2.75, 3.05) is 18.0 Å². The molecule has 2 nitrogen and oxygen atoms in total. The highest BCUT2D eigenvalue weighted by Crippen LogP contribution is 2.27. The lowest BCUT2D eigenvalue weighted by atomic mass is 9.93. The van der Waals surface area contributed by atoms with Crippen molar-refractivity contribution < 1.29 is 4.39 Å². The molecule has 0 saturated carbocycles. The van der Waals surface area contributed by atoms with Crippen molar-refractivity contribution in [1.29, 1.82) is 0 Å². The van der Waals surface area contributed by atoms with Gasteiger partial charge in [0.1, 0.15) is 5.82 Å². The fraction of sp³-hybridized carbons (Fsp3) is 0.600. The summed E-state index contributed by atoms with van der Waals surface area (Å²) in [6, 6.07) is 5.83. The summed E-state index contributed by atoms with van der Waals surface area (Å²) in [4.78, 5) is 2.19. The summed E-state index contributed by atoms with van der Waals surface area (Å²) in [5, 5.41) is 3.56. The van der Waals surface area contributed by atoms with Gasteiger partial charge in [0.05, 0.1) is 5.69 Å². The monoisotopic (exact) mass is 250 g/mol. The average Bonchev–Trinajstić information content (AvgIpc) is 2.33. The van der Waals surface area contributed by atoms with E-state index in [1.165, 1.54) is 0 Å². The number of halogens is 1. The number of hydrogen-bond acceptors (Lipinski definition) is 2. The van der Waals surface area contributed by atoms with E-state index in [0.29, 0.717) is 6.04 Å². The second-order valence-corrected chi connectivity index (χ2v) is 5.73. The molecule has 2 rings (SSSR count). The first-order valence-corrected chi connectivity index (χ1v) is 6.73. The minimum absolute atomic E-state index is 0.0733. The number of piperazine rings is 1. The van der Waals surface area contributed by atoms with E-state index in [9.17, 15) is 4.39 Å². The van der Waals surface area contributed by atoms with E-state index in [0.717, 1.165) is 30.8 Å². The summed E-state index contributed by atoms with van der Waals surface area (Å²) < 4.78 is 14.1. The van der Waals surface area contributed by atoms with Crippen LogP contribution in [0, 0.1) is 12.7 Å². The largest absolute Gasteiger partial charge is 0.363 e. The minimum atomic E-state index is -0.109. The first-order valence-electron chi connectivity index (χ1n) is 6.73. The molecular formula is C15H23FN2. The van der Waals surface area contributed by atoms with E-state index in [4.69, 9.17) is 0 Å². The third-order valence-corrected chi connectivity index (χ3v) is 4.07. The summed E-state index contributed by atoms with van der Waals surface area (Å²) in [6.45, 7) is 10.2. The van der Waals surface area contributed by atoms with E-state index in [1.807, 2.05) is 19.1 Å². The third-order valence-electron chi connectivity index (χ3n) is 4.07. The molecule has 18 heavy (non-hydrogen) atoms. The molecule has 1 fully saturated rings. The Morgan fingerprint density at radius 3 is 2.83 bits per heavy atom. The van der Waals surface area contributed by atoms with Crippen LogP contribution in [0.4, 0.5) is 10.1 Å². The maximum Gasteiger partial charge on any atom is 0.146 e. The molecule has 0 aromatic heterocycles. The van der Waals surface area contributed by atoms with E-state index in [2.05, 4.69) is 31.0 Å². The van der Waals surface area contributed by atoms with Gasteiger partial charge < -0.3 is 10.2 Å². The van der Waals surface area contributed by atoms with Gasteiger partial charge in [0.2, 0.25) is 0 Å². The summed E-state index contributed by atoms with van der Waals surface area (Å²) in [5.74, 6) is -0.109. The van der Waals surface area contributed by atoms with Crippen LogP contribution in [0.15, 0.2) is 18.2 Å². The van der Waals surface area contributed by atoms with Gasteiger partial charge in [-0.3, -0.25) is 0 Å². The Kier molecular flexibility index (Phi) is 3.62. The van der Waals surface area contributed by atoms with Crippen molar-refractivity contribution in [1.82, 2.24) is 5.32 Å². The molecule has 1 aliphatic heterocycles. The third kappa shape index (κ3) is 2.51. The van der Waals surface area contributed by atoms with E-state index in [-0.39, 0.29) is 11.4 Å². The molecule has 2 unspecified atom stereocenters. The van der Waals surface area contributed by atoms with Gasteiger partial charge in [-0.25, -0.2) is 4.39 Å². The summed E-state index contributed by atoms with van der Waals surface area (Å²) in [5.41, 5.74) is 1.77. The molecule has 0 spiro atoms. The Labute approximate surface area is 109 Å². The molecule has 1 aliphatic rings. The molecule has 1 aromatic carbocycles. The van der Waals surface area contributed by atoms with Crippen LogP contribution in [0.3, 0.4) is 0 Å². The second-order valence-electron chi connectivity index (χ2n) is 5.73. The summed E-state index contributed by atoms with van der Waals surface area (Å²) in [6.07, 6.45) is 1.05. The molecule has 0 aliphatic carbocycles. The lowest BCUT2D eigenvalue weighted by Crippen LogP contribution is -2.62. The van der Waals surface area contributed by atoms with Crippen LogP contribution in [0.5, 0.6) is 0 Å². The zero-order valence-corrected chi connectivity index (χ0v) is 11.8. The smallest absolute Gasteiger partial charge is 0.146 e. The highest BCUT2D eigenvalue weighted by atomic mass is 19.1. The minimum Gasteiger partial charge on any atom is -0.363 e. The number of nitrogens with zero attached hydrogens (tertiary/aromatic N) is 1. The SMILES string of the molecule is CCC1(C)CN(c2ccc(C)cc2F)C(C)CN1. The Balaban J connectivity index is 2.30. The van der Waals surface area contributed by atoms with Crippen LogP contribution in [0.1, 0.15) is 32.8 Å². The Morgan fingerprint density at radius 2 is 2.22 bits per heavy atom. The van der Waals surface area contributed by atoms with Gasteiger partial charge in [-0.15, -0.1) is 0 Å². The molecule has 3 heteroatoms. The van der Waals surface area contributed by atoms with E-state index >= 15 is 0 Å². The number of nitrogens with one attached hydrogen (secondary N) is 1. The number of aryl methyl sites for hydroxylation is 1. The summed E-state index contributed by atoms with van der Waals surface area (Å²) >= 11 is 0. The zero-order valence-electron chi connectivity index (χ0n) is 11.8. The Hall–Kier alpha value is -1.09. The maximum absolute atomic E-state index is 14.1. The fourth-order valence-corrected chi connectivity index (χ4v) is 2.50. The average molecular weight is 250 g/mol. The van der Waals surface area contributed by atoms with Crippen molar-refractivity contribution in [3.63, 3.8) is 0 Å². The standard InChI is InChI=1S/C15H23FN2/c1-5-15(4)10-18(12(3)9-17-15)14-7-6-11(2)8-13(14)16/h6-8,12,17H,5,9-10H2,1-4H3. The van der Waals surface area contributed by atoms with Gasteiger partial charge in [-0.2, -0.15) is 0 Å². The molecule has 1 saturated heterocycles. The molecular weight excluding hydrogens is 227 g/mol. The number of rotatable bonds is 2. The first kappa shape index (κ1) is 13.3. The maximum atomic E-state index is 14.1. The van der Waals surface area contributed by atoms with Crippen LogP contribution in [-0.2, 0) is 0 Å². The lowest BCUT2D eigenvalue weighted by molar-refractivity contribution is 0.284. The van der Waals surface area contributed by atoms with Crippen molar-refractivity contribution in [2.24, 2.45) is 0 Å². The van der Waals surface area contributed by atoms with Gasteiger partial charge >= 0.3 is 0 Å². The molecule has 1 heterocycles. The van der Waals surface area contributed by atoms with Crippen LogP contribution in [0.25, 0.3) is 0 Å². The molecule has 0 amide bonds. The molecule has 0 radical (unpaired) electrons. The Morgan fingerprint density at radius 1 is 1.50 bits per heavy atom. The van der Waals surface area contributed by atoms with Gasteiger partial charge in [0, 0.05) is 24.7 Å². The van der Waals surface area contributed by atoms with Crippen molar-refractivity contribution in [3.8, 4) is 0 Å². The van der Waals surface area contributed by atoms with Crippen LogP contribution in [0.2, 0.25) is 0 Å². The Bertz CT molecular complexity index is 433. The highest BCUT2D eigenvalue weighted by Gasteiger charge is 2.33. The number of benzene rings is 1.